The summed E-state index contributed by atoms with van der Waals surface area (Å²) in [6.07, 6.45) is 0.654. The molecule has 2 rings (SSSR count). The van der Waals surface area contributed by atoms with E-state index in [1.54, 1.807) is 6.92 Å². The van der Waals surface area contributed by atoms with Gasteiger partial charge in [-0.05, 0) is 44.0 Å². The van der Waals surface area contributed by atoms with Crippen LogP contribution < -0.4 is 4.72 Å². The molecule has 1 aliphatic heterocycles. The summed E-state index contributed by atoms with van der Waals surface area (Å²) in [5, 5.41) is 8.85. The fourth-order valence-corrected chi connectivity index (χ4v) is 3.57. The van der Waals surface area contributed by atoms with E-state index < -0.39 is 15.6 Å². The van der Waals surface area contributed by atoms with Gasteiger partial charge in [0.05, 0.1) is 28.7 Å². The van der Waals surface area contributed by atoms with Crippen molar-refractivity contribution < 1.29 is 13.2 Å². The summed E-state index contributed by atoms with van der Waals surface area (Å²) in [7, 11) is -3.59. The molecule has 0 aromatic heterocycles. The molecule has 0 amide bonds. The molecular formula is C13H16N2O3S. The van der Waals surface area contributed by atoms with E-state index in [4.69, 9.17) is 10.00 Å². The third-order valence-corrected chi connectivity index (χ3v) is 4.86. The summed E-state index contributed by atoms with van der Waals surface area (Å²) >= 11 is 0. The summed E-state index contributed by atoms with van der Waals surface area (Å²) in [5.74, 6) is 0. The Bertz CT molecular complexity index is 626. The molecule has 1 aromatic carbocycles. The van der Waals surface area contributed by atoms with Gasteiger partial charge >= 0.3 is 0 Å². The van der Waals surface area contributed by atoms with Gasteiger partial charge in [-0.2, -0.15) is 5.26 Å². The van der Waals surface area contributed by atoms with Gasteiger partial charge in [-0.25, -0.2) is 13.1 Å². The van der Waals surface area contributed by atoms with Crippen LogP contribution in [0.2, 0.25) is 0 Å². The van der Waals surface area contributed by atoms with Crippen molar-refractivity contribution in [2.75, 3.05) is 13.2 Å². The molecule has 0 spiro atoms. The molecular weight excluding hydrogens is 264 g/mol. The maximum Gasteiger partial charge on any atom is 0.241 e. The largest absolute Gasteiger partial charge is 0.379 e. The molecule has 1 aromatic rings. The highest BCUT2D eigenvalue weighted by Gasteiger charge is 2.34. The SMILES string of the molecule is Cc1cc(S(=O)(=O)NC2(C)CCOC2)ccc1C#N. The predicted molar refractivity (Wildman–Crippen MR) is 70.1 cm³/mol. The first-order chi connectivity index (χ1) is 8.86. The fraction of sp³-hybridized carbons (Fsp3) is 0.462. The lowest BCUT2D eigenvalue weighted by atomic mass is 10.0. The summed E-state index contributed by atoms with van der Waals surface area (Å²) < 4.78 is 32.5. The predicted octanol–water partition coefficient (Wildman–Crippen LogP) is 1.32. The zero-order valence-corrected chi connectivity index (χ0v) is 11.8. The van der Waals surface area contributed by atoms with Crippen molar-refractivity contribution in [1.29, 1.82) is 5.26 Å². The van der Waals surface area contributed by atoms with E-state index in [1.165, 1.54) is 18.2 Å². The number of aryl methyl sites for hydroxylation is 1. The van der Waals surface area contributed by atoms with Crippen molar-refractivity contribution in [2.24, 2.45) is 0 Å². The Balaban J connectivity index is 2.30. The monoisotopic (exact) mass is 280 g/mol. The summed E-state index contributed by atoms with van der Waals surface area (Å²) in [5.41, 5.74) is 0.577. The van der Waals surface area contributed by atoms with Crippen molar-refractivity contribution >= 4 is 10.0 Å². The maximum absolute atomic E-state index is 12.3. The normalized spacial score (nSPS) is 23.2. The van der Waals surface area contributed by atoms with Crippen LogP contribution in [0.25, 0.3) is 0 Å². The van der Waals surface area contributed by atoms with Crippen LogP contribution in [0.4, 0.5) is 0 Å². The van der Waals surface area contributed by atoms with Crippen LogP contribution in [0.1, 0.15) is 24.5 Å². The van der Waals surface area contributed by atoms with Crippen LogP contribution in [-0.4, -0.2) is 27.2 Å². The Morgan fingerprint density at radius 2 is 2.21 bits per heavy atom. The Kier molecular flexibility index (Phi) is 3.63. The van der Waals surface area contributed by atoms with Crippen LogP contribution >= 0.6 is 0 Å². The number of hydrogen-bond acceptors (Lipinski definition) is 4. The smallest absolute Gasteiger partial charge is 0.241 e. The molecule has 1 unspecified atom stereocenters. The molecule has 0 saturated carbocycles. The molecule has 1 fully saturated rings. The van der Waals surface area contributed by atoms with Crippen LogP contribution in [0.3, 0.4) is 0 Å². The van der Waals surface area contributed by atoms with Gasteiger partial charge in [0.15, 0.2) is 0 Å². The highest BCUT2D eigenvalue weighted by Crippen LogP contribution is 2.22. The van der Waals surface area contributed by atoms with Gasteiger partial charge in [0.2, 0.25) is 10.0 Å². The van der Waals surface area contributed by atoms with E-state index in [-0.39, 0.29) is 4.90 Å². The first kappa shape index (κ1) is 14.0. The van der Waals surface area contributed by atoms with E-state index >= 15 is 0 Å². The van der Waals surface area contributed by atoms with Crippen LogP contribution in [-0.2, 0) is 14.8 Å². The number of ether oxygens (including phenoxy) is 1. The van der Waals surface area contributed by atoms with Gasteiger partial charge in [-0.3, -0.25) is 0 Å². The lowest BCUT2D eigenvalue weighted by Crippen LogP contribution is -2.46. The molecule has 1 heterocycles. The van der Waals surface area contributed by atoms with Gasteiger partial charge < -0.3 is 4.74 Å². The minimum Gasteiger partial charge on any atom is -0.379 e. The van der Waals surface area contributed by atoms with Crippen molar-refractivity contribution in [1.82, 2.24) is 4.72 Å². The second kappa shape index (κ2) is 4.93. The second-order valence-electron chi connectivity index (χ2n) is 5.06. The fourth-order valence-electron chi connectivity index (χ4n) is 2.06. The Morgan fingerprint density at radius 3 is 2.74 bits per heavy atom. The third kappa shape index (κ3) is 2.95. The zero-order valence-electron chi connectivity index (χ0n) is 10.9. The Labute approximate surface area is 113 Å². The molecule has 19 heavy (non-hydrogen) atoms. The standard InChI is InChI=1S/C13H16N2O3S/c1-10-7-12(4-3-11(10)8-14)19(16,17)15-13(2)5-6-18-9-13/h3-4,7,15H,5-6,9H2,1-2H3. The minimum absolute atomic E-state index is 0.178. The van der Waals surface area contributed by atoms with Crippen LogP contribution in [0.15, 0.2) is 23.1 Å². The molecule has 6 heteroatoms. The van der Waals surface area contributed by atoms with Gasteiger partial charge in [0, 0.05) is 6.61 Å². The summed E-state index contributed by atoms with van der Waals surface area (Å²) in [6, 6.07) is 6.51. The number of nitriles is 1. The lowest BCUT2D eigenvalue weighted by Gasteiger charge is -2.23. The highest BCUT2D eigenvalue weighted by molar-refractivity contribution is 7.89. The molecule has 5 nitrogen and oxygen atoms in total. The van der Waals surface area contributed by atoms with Crippen molar-refractivity contribution in [3.63, 3.8) is 0 Å². The summed E-state index contributed by atoms with van der Waals surface area (Å²) in [6.45, 7) is 4.49. The van der Waals surface area contributed by atoms with E-state index in [1.807, 2.05) is 13.0 Å². The number of rotatable bonds is 3. The highest BCUT2D eigenvalue weighted by atomic mass is 32.2. The number of sulfonamides is 1. The van der Waals surface area contributed by atoms with E-state index in [2.05, 4.69) is 4.72 Å². The van der Waals surface area contributed by atoms with Crippen LogP contribution in [0.5, 0.6) is 0 Å². The van der Waals surface area contributed by atoms with Crippen molar-refractivity contribution in [3.05, 3.63) is 29.3 Å². The number of hydrogen-bond donors (Lipinski definition) is 1. The minimum atomic E-state index is -3.59. The van der Waals surface area contributed by atoms with Gasteiger partial charge in [0.1, 0.15) is 0 Å². The first-order valence-corrected chi connectivity index (χ1v) is 7.47. The molecule has 0 aliphatic carbocycles. The maximum atomic E-state index is 12.3. The van der Waals surface area contributed by atoms with E-state index in [0.29, 0.717) is 30.8 Å². The van der Waals surface area contributed by atoms with Gasteiger partial charge in [-0.15, -0.1) is 0 Å². The zero-order chi connectivity index (χ0) is 14.1. The third-order valence-electron chi connectivity index (χ3n) is 3.23. The van der Waals surface area contributed by atoms with Gasteiger partial charge in [0.25, 0.3) is 0 Å². The Morgan fingerprint density at radius 1 is 1.47 bits per heavy atom. The Hall–Kier alpha value is -1.42. The number of nitrogens with one attached hydrogen (secondary N) is 1. The van der Waals surface area contributed by atoms with E-state index in [9.17, 15) is 8.42 Å². The average molecular weight is 280 g/mol. The van der Waals surface area contributed by atoms with Crippen LogP contribution in [0, 0.1) is 18.3 Å². The number of nitrogens with zero attached hydrogens (tertiary/aromatic N) is 1. The molecule has 1 saturated heterocycles. The number of benzene rings is 1. The van der Waals surface area contributed by atoms with Crippen molar-refractivity contribution in [3.8, 4) is 6.07 Å². The molecule has 0 bridgehead atoms. The molecule has 0 radical (unpaired) electrons. The second-order valence-corrected chi connectivity index (χ2v) is 6.74. The molecule has 1 N–H and O–H groups in total. The first-order valence-electron chi connectivity index (χ1n) is 5.99. The topological polar surface area (TPSA) is 79.2 Å². The summed E-state index contributed by atoms with van der Waals surface area (Å²) in [4.78, 5) is 0.178. The molecule has 1 atom stereocenters. The molecule has 1 aliphatic rings. The quantitative estimate of drug-likeness (QED) is 0.905. The lowest BCUT2D eigenvalue weighted by molar-refractivity contribution is 0.178. The average Bonchev–Trinajstić information content (AvgIpc) is 2.74. The molecule has 102 valence electrons. The van der Waals surface area contributed by atoms with Gasteiger partial charge in [-0.1, -0.05) is 0 Å². The van der Waals surface area contributed by atoms with E-state index in [0.717, 1.165) is 0 Å². The van der Waals surface area contributed by atoms with Crippen molar-refractivity contribution in [2.45, 2.75) is 30.7 Å².